The van der Waals surface area contributed by atoms with Gasteiger partial charge in [0.15, 0.2) is 0 Å². The van der Waals surface area contributed by atoms with Crippen molar-refractivity contribution in [3.8, 4) is 0 Å². The number of nitrogens with two attached hydrogens (primary N) is 1. The number of hydrogen-bond donors (Lipinski definition) is 2. The second kappa shape index (κ2) is 6.56. The topological polar surface area (TPSA) is 107 Å². The van der Waals surface area contributed by atoms with Crippen molar-refractivity contribution in [3.63, 3.8) is 0 Å². The van der Waals surface area contributed by atoms with Crippen molar-refractivity contribution in [3.05, 3.63) is 80.6 Å². The minimum absolute atomic E-state index is 0.129. The molecule has 126 valence electrons. The average molecular weight is 335 g/mol. The van der Waals surface area contributed by atoms with E-state index < -0.39 is 0 Å². The minimum atomic E-state index is -0.263. The Bertz CT molecular complexity index is 1180. The van der Waals surface area contributed by atoms with Gasteiger partial charge in [0.25, 0.3) is 11.1 Å². The van der Waals surface area contributed by atoms with Crippen LogP contribution in [0.1, 0.15) is 11.4 Å². The van der Waals surface area contributed by atoms with E-state index in [2.05, 4.69) is 15.3 Å². The Morgan fingerprint density at radius 2 is 1.36 bits per heavy atom. The van der Waals surface area contributed by atoms with Crippen LogP contribution in [-0.4, -0.2) is 20.1 Å². The molecule has 0 atom stereocenters. The first-order chi connectivity index (χ1) is 12.0. The first-order valence-corrected chi connectivity index (χ1v) is 7.67. The molecule has 2 aromatic carbocycles. The average Bonchev–Trinajstić information content (AvgIpc) is 2.64. The van der Waals surface area contributed by atoms with Crippen LogP contribution in [0, 0.1) is 13.8 Å². The van der Waals surface area contributed by atoms with Crippen molar-refractivity contribution in [2.24, 2.45) is 0 Å². The molecule has 0 unspecified atom stereocenters. The zero-order chi connectivity index (χ0) is 18.0. The van der Waals surface area contributed by atoms with Gasteiger partial charge in [0.05, 0.1) is 22.2 Å². The number of H-pyrrole nitrogens is 1. The number of benzene rings is 2. The van der Waals surface area contributed by atoms with Crippen molar-refractivity contribution in [1.29, 1.82) is 0 Å². The number of aromatic nitrogens is 4. The molecule has 4 aromatic rings. The maximum Gasteiger partial charge on any atom is 0.293 e. The van der Waals surface area contributed by atoms with Gasteiger partial charge in [-0.2, -0.15) is 10.2 Å². The van der Waals surface area contributed by atoms with Crippen LogP contribution in [0.5, 0.6) is 0 Å². The molecule has 0 aliphatic heterocycles. The van der Waals surface area contributed by atoms with Gasteiger partial charge >= 0.3 is 0 Å². The Balaban J connectivity index is 0.000000146. The van der Waals surface area contributed by atoms with Crippen LogP contribution < -0.4 is 17.0 Å². The van der Waals surface area contributed by atoms with Crippen LogP contribution in [0.2, 0.25) is 0 Å². The van der Waals surface area contributed by atoms with Crippen molar-refractivity contribution < 1.29 is 0 Å². The number of hydrogen-bond acceptors (Lipinski definition) is 5. The molecule has 0 spiro atoms. The van der Waals surface area contributed by atoms with Crippen LogP contribution in [-0.2, 0) is 0 Å². The number of rotatable bonds is 0. The normalized spacial score (nSPS) is 10.5. The fourth-order valence-electron chi connectivity index (χ4n) is 2.62. The summed E-state index contributed by atoms with van der Waals surface area (Å²) in [6, 6.07) is 14.7. The third-order valence-corrected chi connectivity index (χ3v) is 3.90. The standard InChI is InChI=1S/C9H9N3O.C9H8N2O/c1-6-7-4-2-3-5-8(7)9(13)12(10)11-6;1-6-7-4-2-3-5-8(7)9(12)11-10-6/h2-5H,10H2,1H3;2-5H,1H3,(H,11,12). The van der Waals surface area contributed by atoms with Crippen LogP contribution in [0.15, 0.2) is 58.1 Å². The summed E-state index contributed by atoms with van der Waals surface area (Å²) in [4.78, 5) is 23.5. The summed E-state index contributed by atoms with van der Waals surface area (Å²) in [5.74, 6) is 5.38. The Kier molecular flexibility index (Phi) is 4.30. The molecule has 7 heteroatoms. The quantitative estimate of drug-likeness (QED) is 0.475. The molecule has 2 heterocycles. The van der Waals surface area contributed by atoms with Crippen molar-refractivity contribution >= 4 is 21.5 Å². The lowest BCUT2D eigenvalue weighted by atomic mass is 10.1. The van der Waals surface area contributed by atoms with E-state index in [0.29, 0.717) is 10.8 Å². The second-order valence-electron chi connectivity index (χ2n) is 5.56. The van der Waals surface area contributed by atoms with Gasteiger partial charge in [-0.15, -0.1) is 4.79 Å². The maximum atomic E-state index is 11.5. The molecule has 25 heavy (non-hydrogen) atoms. The SMILES string of the molecule is Cc1n[nH]c(=O)c2ccccc12.Cc1nn(N)c(=O)c2ccccc12. The third kappa shape index (κ3) is 3.12. The van der Waals surface area contributed by atoms with E-state index in [1.807, 2.05) is 50.2 Å². The number of aryl methyl sites for hydroxylation is 2. The highest BCUT2D eigenvalue weighted by Crippen LogP contribution is 2.11. The van der Waals surface area contributed by atoms with E-state index >= 15 is 0 Å². The highest BCUT2D eigenvalue weighted by Gasteiger charge is 2.03. The van der Waals surface area contributed by atoms with Crippen molar-refractivity contribution in [2.75, 3.05) is 5.84 Å². The number of nitrogens with zero attached hydrogens (tertiary/aromatic N) is 3. The van der Waals surface area contributed by atoms with E-state index in [9.17, 15) is 9.59 Å². The lowest BCUT2D eigenvalue weighted by molar-refractivity contribution is 0.759. The van der Waals surface area contributed by atoms with Gasteiger partial charge < -0.3 is 5.84 Å². The van der Waals surface area contributed by atoms with Gasteiger partial charge in [-0.25, -0.2) is 5.10 Å². The van der Waals surface area contributed by atoms with Crippen LogP contribution in [0.4, 0.5) is 0 Å². The molecular weight excluding hydrogens is 318 g/mol. The first-order valence-electron chi connectivity index (χ1n) is 7.67. The van der Waals surface area contributed by atoms with Crippen LogP contribution >= 0.6 is 0 Å². The van der Waals surface area contributed by atoms with Crippen molar-refractivity contribution in [2.45, 2.75) is 13.8 Å². The number of aromatic amines is 1. The van der Waals surface area contributed by atoms with Gasteiger partial charge in [0.1, 0.15) is 0 Å². The second-order valence-corrected chi connectivity index (χ2v) is 5.56. The number of fused-ring (bicyclic) bond motifs is 2. The van der Waals surface area contributed by atoms with E-state index in [4.69, 9.17) is 5.84 Å². The molecule has 0 aliphatic rings. The molecule has 0 saturated heterocycles. The molecule has 0 bridgehead atoms. The fraction of sp³-hybridized carbons (Fsp3) is 0.111. The smallest absolute Gasteiger partial charge is 0.293 e. The van der Waals surface area contributed by atoms with Crippen LogP contribution in [0.3, 0.4) is 0 Å². The van der Waals surface area contributed by atoms with E-state index in [1.165, 1.54) is 0 Å². The monoisotopic (exact) mass is 335 g/mol. The molecule has 0 radical (unpaired) electrons. The molecule has 4 rings (SSSR count). The summed E-state index contributed by atoms with van der Waals surface area (Å²) in [7, 11) is 0. The third-order valence-electron chi connectivity index (χ3n) is 3.90. The highest BCUT2D eigenvalue weighted by atomic mass is 16.1. The van der Waals surface area contributed by atoms with E-state index in [1.54, 1.807) is 12.1 Å². The zero-order valence-corrected chi connectivity index (χ0v) is 13.9. The summed E-state index contributed by atoms with van der Waals surface area (Å²) in [6.45, 7) is 3.70. The lowest BCUT2D eigenvalue weighted by Gasteiger charge is -2.02. The van der Waals surface area contributed by atoms with Gasteiger partial charge in [-0.05, 0) is 26.0 Å². The van der Waals surface area contributed by atoms with Gasteiger partial charge in [-0.3, -0.25) is 9.59 Å². The van der Waals surface area contributed by atoms with Gasteiger partial charge in [0, 0.05) is 10.8 Å². The Morgan fingerprint density at radius 1 is 0.840 bits per heavy atom. The van der Waals surface area contributed by atoms with E-state index in [-0.39, 0.29) is 11.1 Å². The molecule has 0 fully saturated rings. The minimum Gasteiger partial charge on any atom is -0.320 e. The maximum absolute atomic E-state index is 11.5. The Hall–Kier alpha value is -3.48. The predicted molar refractivity (Wildman–Crippen MR) is 98.0 cm³/mol. The summed E-state index contributed by atoms with van der Waals surface area (Å²) in [5, 5.41) is 13.3. The molecule has 7 nitrogen and oxygen atoms in total. The molecule has 0 amide bonds. The zero-order valence-electron chi connectivity index (χ0n) is 13.9. The Morgan fingerprint density at radius 3 is 1.96 bits per heavy atom. The molecular formula is C18H17N5O2. The predicted octanol–water partition coefficient (Wildman–Crippen LogP) is 1.65. The molecule has 2 aromatic heterocycles. The summed E-state index contributed by atoms with van der Waals surface area (Å²) in [5.41, 5.74) is 1.22. The number of nitrogen functional groups attached to an aromatic ring is 1. The summed E-state index contributed by atoms with van der Waals surface area (Å²) >= 11 is 0. The first kappa shape index (κ1) is 16.4. The lowest BCUT2D eigenvalue weighted by Crippen LogP contribution is -2.30. The van der Waals surface area contributed by atoms with Gasteiger partial charge in [0.2, 0.25) is 0 Å². The molecule has 0 aliphatic carbocycles. The van der Waals surface area contributed by atoms with E-state index in [0.717, 1.165) is 27.0 Å². The number of nitrogens with one attached hydrogen (secondary N) is 1. The fourth-order valence-corrected chi connectivity index (χ4v) is 2.62. The largest absolute Gasteiger partial charge is 0.320 e. The van der Waals surface area contributed by atoms with Crippen LogP contribution in [0.25, 0.3) is 21.5 Å². The summed E-state index contributed by atoms with van der Waals surface area (Å²) in [6.07, 6.45) is 0. The highest BCUT2D eigenvalue weighted by molar-refractivity contribution is 5.83. The van der Waals surface area contributed by atoms with Crippen molar-refractivity contribution in [1.82, 2.24) is 20.1 Å². The molecule has 3 N–H and O–H groups in total. The molecule has 0 saturated carbocycles. The Labute approximate surface area is 142 Å². The van der Waals surface area contributed by atoms with Gasteiger partial charge in [-0.1, -0.05) is 36.4 Å². The summed E-state index contributed by atoms with van der Waals surface area (Å²) < 4.78 is 0.